The van der Waals surface area contributed by atoms with E-state index in [1.807, 2.05) is 24.3 Å². The van der Waals surface area contributed by atoms with Crippen molar-refractivity contribution >= 4 is 21.6 Å². The number of carbonyl (C=O) groups is 1. The van der Waals surface area contributed by atoms with Gasteiger partial charge in [0.1, 0.15) is 11.6 Å². The molecule has 0 bridgehead atoms. The fraction of sp³-hybridized carbons (Fsp3) is 0.174. The zero-order chi connectivity index (χ0) is 22.4. The summed E-state index contributed by atoms with van der Waals surface area (Å²) in [6.07, 6.45) is 1.10. The van der Waals surface area contributed by atoms with Crippen LogP contribution in [0.5, 0.6) is 5.75 Å². The topological polar surface area (TPSA) is 75.7 Å². The lowest BCUT2D eigenvalue weighted by Crippen LogP contribution is -2.29. The van der Waals surface area contributed by atoms with Crippen molar-refractivity contribution in [1.29, 1.82) is 0 Å². The van der Waals surface area contributed by atoms with Crippen molar-refractivity contribution in [3.05, 3.63) is 95.3 Å². The normalized spacial score (nSPS) is 11.1. The van der Waals surface area contributed by atoms with Gasteiger partial charge in [-0.3, -0.25) is 9.10 Å². The molecule has 0 radical (unpaired) electrons. The third-order valence-electron chi connectivity index (χ3n) is 4.64. The Labute approximate surface area is 181 Å². The van der Waals surface area contributed by atoms with Crippen LogP contribution in [0.1, 0.15) is 21.5 Å². The van der Waals surface area contributed by atoms with Crippen LogP contribution in [0.15, 0.2) is 72.8 Å². The summed E-state index contributed by atoms with van der Waals surface area (Å²) in [6, 6.07) is 19.3. The molecular weight excluding hydrogens is 419 g/mol. The van der Waals surface area contributed by atoms with E-state index in [9.17, 15) is 17.6 Å². The molecule has 6 nitrogen and oxygen atoms in total. The molecule has 0 fully saturated rings. The Morgan fingerprint density at radius 2 is 1.68 bits per heavy atom. The highest BCUT2D eigenvalue weighted by Crippen LogP contribution is 2.21. The molecule has 0 aliphatic rings. The number of sulfonamides is 1. The molecule has 3 rings (SSSR count). The van der Waals surface area contributed by atoms with Crippen molar-refractivity contribution in [1.82, 2.24) is 5.32 Å². The van der Waals surface area contributed by atoms with Crippen molar-refractivity contribution in [2.75, 3.05) is 17.7 Å². The first-order valence-corrected chi connectivity index (χ1v) is 11.3. The molecule has 31 heavy (non-hydrogen) atoms. The summed E-state index contributed by atoms with van der Waals surface area (Å²) in [7, 11) is -2.01. The zero-order valence-electron chi connectivity index (χ0n) is 17.2. The molecule has 0 saturated carbocycles. The zero-order valence-corrected chi connectivity index (χ0v) is 18.0. The predicted octanol–water partition coefficient (Wildman–Crippen LogP) is 3.73. The van der Waals surface area contributed by atoms with E-state index in [4.69, 9.17) is 4.74 Å². The van der Waals surface area contributed by atoms with Crippen molar-refractivity contribution < 1.29 is 22.3 Å². The minimum Gasteiger partial charge on any atom is -0.497 e. The summed E-state index contributed by atoms with van der Waals surface area (Å²) in [5.74, 6) is 0.0379. The van der Waals surface area contributed by atoms with E-state index >= 15 is 0 Å². The van der Waals surface area contributed by atoms with Crippen molar-refractivity contribution in [3.63, 3.8) is 0 Å². The van der Waals surface area contributed by atoms with Crippen LogP contribution in [0.25, 0.3) is 0 Å². The molecule has 8 heteroatoms. The first-order valence-electron chi connectivity index (χ1n) is 9.49. The van der Waals surface area contributed by atoms with Crippen LogP contribution < -0.4 is 14.4 Å². The van der Waals surface area contributed by atoms with Crippen LogP contribution in [0.4, 0.5) is 10.1 Å². The van der Waals surface area contributed by atoms with Gasteiger partial charge in [-0.05, 0) is 59.7 Å². The minimum atomic E-state index is -3.59. The maximum Gasteiger partial charge on any atom is 0.251 e. The second kappa shape index (κ2) is 9.61. The van der Waals surface area contributed by atoms with Crippen LogP contribution in [0, 0.1) is 5.82 Å². The Kier molecular flexibility index (Phi) is 6.91. The lowest BCUT2D eigenvalue weighted by molar-refractivity contribution is 0.0951. The highest BCUT2D eigenvalue weighted by atomic mass is 32.2. The summed E-state index contributed by atoms with van der Waals surface area (Å²) in [5.41, 5.74) is 2.36. The molecule has 0 heterocycles. The summed E-state index contributed by atoms with van der Waals surface area (Å²) in [4.78, 5) is 12.5. The average Bonchev–Trinajstić information content (AvgIpc) is 2.76. The van der Waals surface area contributed by atoms with Crippen LogP contribution in [0.3, 0.4) is 0 Å². The fourth-order valence-corrected chi connectivity index (χ4v) is 3.89. The van der Waals surface area contributed by atoms with E-state index in [0.29, 0.717) is 29.1 Å². The second-order valence-corrected chi connectivity index (χ2v) is 8.88. The Hall–Kier alpha value is -3.39. The van der Waals surface area contributed by atoms with Gasteiger partial charge in [-0.15, -0.1) is 0 Å². The van der Waals surface area contributed by atoms with Gasteiger partial charge in [-0.25, -0.2) is 12.8 Å². The third-order valence-corrected chi connectivity index (χ3v) is 5.79. The highest BCUT2D eigenvalue weighted by Gasteiger charge is 2.18. The standard InChI is InChI=1S/C23H23FN2O4S/c1-30-22-5-3-4-18(14-22)15-25-23(27)19-8-12-21(13-9-19)26(31(2,28)29)16-17-6-10-20(24)11-7-17/h3-14H,15-16H2,1-2H3,(H,25,27). The molecule has 3 aromatic carbocycles. The predicted molar refractivity (Wildman–Crippen MR) is 118 cm³/mol. The monoisotopic (exact) mass is 442 g/mol. The van der Waals surface area contributed by atoms with Crippen LogP contribution in [-0.2, 0) is 23.1 Å². The molecule has 162 valence electrons. The highest BCUT2D eigenvalue weighted by molar-refractivity contribution is 7.92. The van der Waals surface area contributed by atoms with Crippen LogP contribution in [0.2, 0.25) is 0 Å². The number of carbonyl (C=O) groups excluding carboxylic acids is 1. The van der Waals surface area contributed by atoms with Crippen molar-refractivity contribution in [2.24, 2.45) is 0 Å². The number of nitrogens with zero attached hydrogens (tertiary/aromatic N) is 1. The maximum atomic E-state index is 13.1. The third kappa shape index (κ3) is 6.05. The Morgan fingerprint density at radius 1 is 1.00 bits per heavy atom. The molecule has 3 aromatic rings. The Bertz CT molecular complexity index is 1150. The second-order valence-electron chi connectivity index (χ2n) is 6.98. The number of halogens is 1. The molecule has 0 saturated heterocycles. The molecular formula is C23H23FN2O4S. The summed E-state index contributed by atoms with van der Waals surface area (Å²) in [5, 5.41) is 2.83. The van der Waals surface area contributed by atoms with Crippen molar-refractivity contribution in [2.45, 2.75) is 13.1 Å². The van der Waals surface area contributed by atoms with Gasteiger partial charge in [0.15, 0.2) is 0 Å². The number of methoxy groups -OCH3 is 1. The largest absolute Gasteiger partial charge is 0.497 e. The van der Waals surface area contributed by atoms with Crippen molar-refractivity contribution in [3.8, 4) is 5.75 Å². The molecule has 0 spiro atoms. The summed E-state index contributed by atoms with van der Waals surface area (Å²) >= 11 is 0. The van der Waals surface area contributed by atoms with Gasteiger partial charge in [0.05, 0.1) is 25.6 Å². The number of ether oxygens (including phenoxy) is 1. The number of nitrogens with one attached hydrogen (secondary N) is 1. The van der Waals surface area contributed by atoms with Crippen LogP contribution >= 0.6 is 0 Å². The van der Waals surface area contributed by atoms with E-state index < -0.39 is 10.0 Å². The van der Waals surface area contributed by atoms with E-state index in [1.165, 1.54) is 28.6 Å². The van der Waals surface area contributed by atoms with Gasteiger partial charge in [0.2, 0.25) is 10.0 Å². The van der Waals surface area contributed by atoms with Gasteiger partial charge >= 0.3 is 0 Å². The maximum absolute atomic E-state index is 13.1. The van der Waals surface area contributed by atoms with Gasteiger partial charge in [-0.2, -0.15) is 0 Å². The number of hydrogen-bond acceptors (Lipinski definition) is 4. The average molecular weight is 443 g/mol. The number of anilines is 1. The van der Waals surface area contributed by atoms with Crippen LogP contribution in [-0.4, -0.2) is 27.7 Å². The van der Waals surface area contributed by atoms with Gasteiger partial charge in [0, 0.05) is 12.1 Å². The first-order chi connectivity index (χ1) is 14.8. The first kappa shape index (κ1) is 22.3. The van der Waals surface area contributed by atoms with E-state index in [1.54, 1.807) is 31.4 Å². The van der Waals surface area contributed by atoms with E-state index in [2.05, 4.69) is 5.32 Å². The van der Waals surface area contributed by atoms with Gasteiger partial charge in [0.25, 0.3) is 5.91 Å². The smallest absolute Gasteiger partial charge is 0.251 e. The van der Waals surface area contributed by atoms with E-state index in [0.717, 1.165) is 11.8 Å². The number of amides is 1. The molecule has 0 atom stereocenters. The molecule has 0 aliphatic heterocycles. The Balaban J connectivity index is 1.71. The Morgan fingerprint density at radius 3 is 2.29 bits per heavy atom. The number of benzene rings is 3. The summed E-state index contributed by atoms with van der Waals surface area (Å²) < 4.78 is 44.1. The lowest BCUT2D eigenvalue weighted by atomic mass is 10.1. The number of hydrogen-bond donors (Lipinski definition) is 1. The SMILES string of the molecule is COc1cccc(CNC(=O)c2ccc(N(Cc3ccc(F)cc3)S(C)(=O)=O)cc2)c1. The minimum absolute atomic E-state index is 0.0560. The molecule has 0 aliphatic carbocycles. The molecule has 1 N–H and O–H groups in total. The van der Waals surface area contributed by atoms with Gasteiger partial charge in [-0.1, -0.05) is 24.3 Å². The molecule has 1 amide bonds. The number of rotatable bonds is 8. The lowest BCUT2D eigenvalue weighted by Gasteiger charge is -2.22. The molecule has 0 unspecified atom stereocenters. The summed E-state index contributed by atoms with van der Waals surface area (Å²) in [6.45, 7) is 0.387. The molecule has 0 aromatic heterocycles. The van der Waals surface area contributed by atoms with E-state index in [-0.39, 0.29) is 18.3 Å². The quantitative estimate of drug-likeness (QED) is 0.577. The van der Waals surface area contributed by atoms with Gasteiger partial charge < -0.3 is 10.1 Å². The fourth-order valence-electron chi connectivity index (χ4n) is 3.00.